The molecule has 1 rings (SSSR count). The molecule has 0 radical (unpaired) electrons. The fraction of sp³-hybridized carbons (Fsp3) is 0.571. The Hall–Kier alpha value is -0.780. The number of halogens is 1. The minimum absolute atomic E-state index is 0.0794. The van der Waals surface area contributed by atoms with Crippen LogP contribution in [0, 0.1) is 11.8 Å². The maximum Gasteiger partial charge on any atom is 0.233 e. The zero-order chi connectivity index (χ0) is 15.2. The molecule has 0 aromatic heterocycles. The summed E-state index contributed by atoms with van der Waals surface area (Å²) in [6.07, 6.45) is 0. The van der Waals surface area contributed by atoms with Gasteiger partial charge in [-0.1, -0.05) is 26.0 Å². The van der Waals surface area contributed by atoms with Crippen molar-refractivity contribution in [2.45, 2.75) is 20.5 Å². The summed E-state index contributed by atoms with van der Waals surface area (Å²) < 4.78 is 33.1. The van der Waals surface area contributed by atoms with Gasteiger partial charge in [-0.2, -0.15) is 0 Å². The fourth-order valence-corrected chi connectivity index (χ4v) is 3.26. The molecule has 1 atom stereocenters. The predicted molar refractivity (Wildman–Crippen MR) is 80.6 cm³/mol. The van der Waals surface area contributed by atoms with E-state index >= 15 is 0 Å². The predicted octanol–water partition coefficient (Wildman–Crippen LogP) is 3.05. The molecule has 0 saturated carbocycles. The van der Waals surface area contributed by atoms with E-state index in [-0.39, 0.29) is 17.6 Å². The molecule has 0 fully saturated rings. The van der Waals surface area contributed by atoms with Crippen molar-refractivity contribution in [3.05, 3.63) is 29.8 Å². The maximum atomic E-state index is 11.2. The van der Waals surface area contributed by atoms with Crippen LogP contribution in [-0.4, -0.2) is 27.9 Å². The lowest BCUT2D eigenvalue weighted by Gasteiger charge is -2.20. The molecule has 114 valence electrons. The Morgan fingerprint density at radius 3 is 2.55 bits per heavy atom. The highest BCUT2D eigenvalue weighted by Crippen LogP contribution is 2.19. The van der Waals surface area contributed by atoms with Crippen molar-refractivity contribution in [1.82, 2.24) is 0 Å². The SMILES string of the molecule is COCc1cccc(OCC(CS(=O)(=O)Cl)C(C)C)c1. The number of hydrogen-bond acceptors (Lipinski definition) is 4. The average molecular weight is 321 g/mol. The van der Waals surface area contributed by atoms with Crippen molar-refractivity contribution in [2.75, 3.05) is 19.5 Å². The first kappa shape index (κ1) is 17.3. The van der Waals surface area contributed by atoms with E-state index in [9.17, 15) is 8.42 Å². The lowest BCUT2D eigenvalue weighted by molar-refractivity contribution is 0.184. The van der Waals surface area contributed by atoms with Gasteiger partial charge in [0.15, 0.2) is 0 Å². The normalized spacial score (nSPS) is 13.4. The van der Waals surface area contributed by atoms with Crippen molar-refractivity contribution >= 4 is 19.7 Å². The van der Waals surface area contributed by atoms with Gasteiger partial charge < -0.3 is 9.47 Å². The van der Waals surface area contributed by atoms with Crippen molar-refractivity contribution in [1.29, 1.82) is 0 Å². The van der Waals surface area contributed by atoms with Crippen LogP contribution in [-0.2, 0) is 20.4 Å². The van der Waals surface area contributed by atoms with E-state index in [0.29, 0.717) is 19.0 Å². The van der Waals surface area contributed by atoms with Crippen LogP contribution in [0.4, 0.5) is 0 Å². The third-order valence-corrected chi connectivity index (χ3v) is 4.23. The highest BCUT2D eigenvalue weighted by atomic mass is 35.7. The third kappa shape index (κ3) is 6.59. The third-order valence-electron chi connectivity index (χ3n) is 3.03. The molecule has 0 heterocycles. The molecular weight excluding hydrogens is 300 g/mol. The van der Waals surface area contributed by atoms with Crippen LogP contribution in [0.25, 0.3) is 0 Å². The summed E-state index contributed by atoms with van der Waals surface area (Å²) in [5.74, 6) is 0.663. The summed E-state index contributed by atoms with van der Waals surface area (Å²) in [6.45, 7) is 4.75. The lowest BCUT2D eigenvalue weighted by Crippen LogP contribution is -2.24. The largest absolute Gasteiger partial charge is 0.493 e. The second-order valence-electron chi connectivity index (χ2n) is 5.10. The molecular formula is C14H21ClO4S. The highest BCUT2D eigenvalue weighted by molar-refractivity contribution is 8.13. The standard InChI is InChI=1S/C14H21ClO4S/c1-11(2)13(10-20(15,16)17)9-19-14-6-4-5-12(7-14)8-18-3/h4-7,11,13H,8-10H2,1-3H3. The molecule has 6 heteroatoms. The molecule has 0 aliphatic heterocycles. The van der Waals surface area contributed by atoms with E-state index in [2.05, 4.69) is 0 Å². The van der Waals surface area contributed by atoms with Gasteiger partial charge in [0.25, 0.3) is 0 Å². The molecule has 0 bridgehead atoms. The zero-order valence-electron chi connectivity index (χ0n) is 12.0. The van der Waals surface area contributed by atoms with Gasteiger partial charge in [0.1, 0.15) is 5.75 Å². The second kappa shape index (κ2) is 7.86. The van der Waals surface area contributed by atoms with E-state index in [1.807, 2.05) is 38.1 Å². The number of ether oxygens (including phenoxy) is 2. The van der Waals surface area contributed by atoms with Crippen molar-refractivity contribution < 1.29 is 17.9 Å². The maximum absolute atomic E-state index is 11.2. The van der Waals surface area contributed by atoms with Crippen LogP contribution in [0.5, 0.6) is 5.75 Å². The van der Waals surface area contributed by atoms with E-state index in [1.54, 1.807) is 7.11 Å². The first-order valence-corrected chi connectivity index (χ1v) is 8.92. The summed E-state index contributed by atoms with van der Waals surface area (Å²) in [5, 5.41) is 0. The Kier molecular flexibility index (Phi) is 6.79. The molecule has 1 aromatic carbocycles. The highest BCUT2D eigenvalue weighted by Gasteiger charge is 2.21. The molecule has 0 aliphatic rings. The van der Waals surface area contributed by atoms with E-state index in [0.717, 1.165) is 5.56 Å². The van der Waals surface area contributed by atoms with Gasteiger partial charge >= 0.3 is 0 Å². The summed E-state index contributed by atoms with van der Waals surface area (Å²) in [4.78, 5) is 0. The van der Waals surface area contributed by atoms with Crippen LogP contribution in [0.2, 0.25) is 0 Å². The quantitative estimate of drug-likeness (QED) is 0.691. The van der Waals surface area contributed by atoms with Gasteiger partial charge in [0.05, 0.1) is 19.0 Å². The van der Waals surface area contributed by atoms with E-state index in [1.165, 1.54) is 0 Å². The molecule has 0 saturated heterocycles. The lowest BCUT2D eigenvalue weighted by atomic mass is 9.99. The van der Waals surface area contributed by atoms with Gasteiger partial charge in [-0.3, -0.25) is 0 Å². The smallest absolute Gasteiger partial charge is 0.233 e. The minimum Gasteiger partial charge on any atom is -0.493 e. The topological polar surface area (TPSA) is 52.6 Å². The number of rotatable bonds is 8. The number of methoxy groups -OCH3 is 1. The Morgan fingerprint density at radius 1 is 1.30 bits per heavy atom. The van der Waals surface area contributed by atoms with Gasteiger partial charge in [0.2, 0.25) is 9.05 Å². The van der Waals surface area contributed by atoms with Gasteiger partial charge in [-0.25, -0.2) is 8.42 Å². The van der Waals surface area contributed by atoms with Crippen LogP contribution < -0.4 is 4.74 Å². The van der Waals surface area contributed by atoms with Crippen LogP contribution in [0.15, 0.2) is 24.3 Å². The fourth-order valence-electron chi connectivity index (χ4n) is 1.78. The number of hydrogen-bond donors (Lipinski definition) is 0. The molecule has 20 heavy (non-hydrogen) atoms. The minimum atomic E-state index is -3.52. The van der Waals surface area contributed by atoms with Crippen molar-refractivity contribution in [3.63, 3.8) is 0 Å². The molecule has 0 aliphatic carbocycles. The summed E-state index contributed by atoms with van der Waals surface area (Å²) >= 11 is 0. The molecule has 1 unspecified atom stereocenters. The molecule has 4 nitrogen and oxygen atoms in total. The summed E-state index contributed by atoms with van der Waals surface area (Å²) in [5.41, 5.74) is 1.01. The van der Waals surface area contributed by atoms with E-state index in [4.69, 9.17) is 20.2 Å². The first-order chi connectivity index (χ1) is 9.31. The van der Waals surface area contributed by atoms with Gasteiger partial charge in [-0.15, -0.1) is 0 Å². The van der Waals surface area contributed by atoms with Gasteiger partial charge in [-0.05, 0) is 23.6 Å². The Balaban J connectivity index is 2.65. The van der Waals surface area contributed by atoms with Crippen LogP contribution >= 0.6 is 10.7 Å². The monoisotopic (exact) mass is 320 g/mol. The Bertz CT molecular complexity index is 514. The summed E-state index contributed by atoms with van der Waals surface area (Å²) in [6, 6.07) is 7.55. The molecule has 0 amide bonds. The first-order valence-electron chi connectivity index (χ1n) is 6.45. The van der Waals surface area contributed by atoms with Crippen molar-refractivity contribution in [3.8, 4) is 5.75 Å². The second-order valence-corrected chi connectivity index (χ2v) is 7.92. The molecule has 0 N–H and O–H groups in total. The van der Waals surface area contributed by atoms with Crippen molar-refractivity contribution in [2.24, 2.45) is 11.8 Å². The Labute approximate surface area is 125 Å². The van der Waals surface area contributed by atoms with Crippen LogP contribution in [0.3, 0.4) is 0 Å². The summed E-state index contributed by atoms with van der Waals surface area (Å²) in [7, 11) is 3.44. The van der Waals surface area contributed by atoms with Gasteiger partial charge in [0, 0.05) is 23.7 Å². The van der Waals surface area contributed by atoms with Crippen LogP contribution in [0.1, 0.15) is 19.4 Å². The molecule has 0 spiro atoms. The number of benzene rings is 1. The molecule has 1 aromatic rings. The van der Waals surface area contributed by atoms with E-state index < -0.39 is 9.05 Å². The Morgan fingerprint density at radius 2 is 2.00 bits per heavy atom. The average Bonchev–Trinajstić information content (AvgIpc) is 2.34. The zero-order valence-corrected chi connectivity index (χ0v) is 13.6.